The number of benzene rings is 1. The minimum Gasteiger partial charge on any atom is -0.327 e. The van der Waals surface area contributed by atoms with Gasteiger partial charge in [0.15, 0.2) is 0 Å². The Morgan fingerprint density at radius 1 is 1.29 bits per heavy atom. The minimum atomic E-state index is -0.0379. The first-order chi connectivity index (χ1) is 8.24. The summed E-state index contributed by atoms with van der Waals surface area (Å²) in [5, 5.41) is -0.0379. The van der Waals surface area contributed by atoms with E-state index in [1.807, 2.05) is 13.0 Å². The molecule has 1 heterocycles. The lowest BCUT2D eigenvalue weighted by Gasteiger charge is -2.09. The molecule has 1 aromatic heterocycles. The van der Waals surface area contributed by atoms with E-state index in [2.05, 4.69) is 34.7 Å². The number of aryl methyl sites for hydroxylation is 1. The number of hydrogen-bond donors (Lipinski definition) is 0. The van der Waals surface area contributed by atoms with Crippen LogP contribution in [-0.4, -0.2) is 9.55 Å². The van der Waals surface area contributed by atoms with Crippen molar-refractivity contribution in [2.75, 3.05) is 0 Å². The zero-order valence-electron chi connectivity index (χ0n) is 10.5. The summed E-state index contributed by atoms with van der Waals surface area (Å²) in [6, 6.07) is 8.25. The zero-order valence-corrected chi connectivity index (χ0v) is 11.2. The van der Waals surface area contributed by atoms with Crippen molar-refractivity contribution in [3.05, 3.63) is 30.1 Å². The summed E-state index contributed by atoms with van der Waals surface area (Å²) >= 11 is 6.21. The van der Waals surface area contributed by atoms with Gasteiger partial charge >= 0.3 is 0 Å². The number of hydrogen-bond acceptors (Lipinski definition) is 1. The summed E-state index contributed by atoms with van der Waals surface area (Å²) in [5.74, 6) is 0.990. The maximum absolute atomic E-state index is 6.21. The van der Waals surface area contributed by atoms with Crippen LogP contribution in [0.15, 0.2) is 24.3 Å². The lowest BCUT2D eigenvalue weighted by molar-refractivity contribution is 0.591. The maximum Gasteiger partial charge on any atom is 0.127 e. The number of unbranched alkanes of at least 4 members (excludes halogenated alkanes) is 2. The number of nitrogens with zero attached hydrogens (tertiary/aromatic N) is 2. The molecular weight excluding hydrogens is 232 g/mol. The molecule has 2 nitrogen and oxygen atoms in total. The molecule has 17 heavy (non-hydrogen) atoms. The standard InChI is InChI=1S/C14H19ClN2/c1-3-4-7-10-17-13-9-6-5-8-12(13)16-14(17)11(2)15/h5-6,8-9,11H,3-4,7,10H2,1-2H3. The Morgan fingerprint density at radius 3 is 2.76 bits per heavy atom. The first-order valence-electron chi connectivity index (χ1n) is 6.33. The third-order valence-corrected chi connectivity index (χ3v) is 3.22. The van der Waals surface area contributed by atoms with Crippen LogP contribution < -0.4 is 0 Å². The molecule has 1 unspecified atom stereocenters. The first kappa shape index (κ1) is 12.4. The predicted molar refractivity (Wildman–Crippen MR) is 73.5 cm³/mol. The Labute approximate surface area is 108 Å². The number of rotatable bonds is 5. The van der Waals surface area contributed by atoms with Crippen LogP contribution in [0.2, 0.25) is 0 Å². The second-order valence-corrected chi connectivity index (χ2v) is 5.09. The SMILES string of the molecule is CCCCCn1c(C(C)Cl)nc2ccccc21. The van der Waals surface area contributed by atoms with Crippen molar-refractivity contribution in [1.82, 2.24) is 9.55 Å². The summed E-state index contributed by atoms with van der Waals surface area (Å²) in [6.07, 6.45) is 3.68. The first-order valence-corrected chi connectivity index (χ1v) is 6.77. The lowest BCUT2D eigenvalue weighted by Crippen LogP contribution is -2.04. The third-order valence-electron chi connectivity index (χ3n) is 3.03. The highest BCUT2D eigenvalue weighted by molar-refractivity contribution is 6.20. The molecule has 0 aliphatic carbocycles. The molecule has 0 amide bonds. The number of halogens is 1. The van der Waals surface area contributed by atoms with Gasteiger partial charge in [-0.15, -0.1) is 11.6 Å². The third kappa shape index (κ3) is 2.63. The average Bonchev–Trinajstić information content (AvgIpc) is 2.69. The second-order valence-electron chi connectivity index (χ2n) is 4.43. The molecule has 0 fully saturated rings. The topological polar surface area (TPSA) is 17.8 Å². The van der Waals surface area contributed by atoms with Gasteiger partial charge in [-0.1, -0.05) is 31.9 Å². The highest BCUT2D eigenvalue weighted by Gasteiger charge is 2.13. The van der Waals surface area contributed by atoms with Gasteiger partial charge in [-0.2, -0.15) is 0 Å². The Hall–Kier alpha value is -1.02. The molecule has 1 atom stereocenters. The van der Waals surface area contributed by atoms with E-state index in [1.165, 1.54) is 24.8 Å². The monoisotopic (exact) mass is 250 g/mol. The normalized spacial score (nSPS) is 13.1. The Kier molecular flexibility index (Phi) is 4.06. The fourth-order valence-corrected chi connectivity index (χ4v) is 2.32. The van der Waals surface area contributed by atoms with Crippen LogP contribution in [0.5, 0.6) is 0 Å². The van der Waals surface area contributed by atoms with E-state index in [-0.39, 0.29) is 5.38 Å². The summed E-state index contributed by atoms with van der Waals surface area (Å²) in [4.78, 5) is 4.62. The Balaban J connectivity index is 2.37. The molecule has 2 rings (SSSR count). The van der Waals surface area contributed by atoms with Gasteiger partial charge in [0.1, 0.15) is 5.82 Å². The number of alkyl halides is 1. The molecule has 0 saturated heterocycles. The smallest absolute Gasteiger partial charge is 0.127 e. The molecule has 0 spiro atoms. The van der Waals surface area contributed by atoms with Crippen LogP contribution in [0, 0.1) is 0 Å². The fourth-order valence-electron chi connectivity index (χ4n) is 2.15. The molecule has 0 N–H and O–H groups in total. The quantitative estimate of drug-likeness (QED) is 0.563. The van der Waals surface area contributed by atoms with Crippen LogP contribution in [0.3, 0.4) is 0 Å². The average molecular weight is 251 g/mol. The number of imidazole rings is 1. The van der Waals surface area contributed by atoms with Crippen molar-refractivity contribution >= 4 is 22.6 Å². The highest BCUT2D eigenvalue weighted by Crippen LogP contribution is 2.24. The predicted octanol–water partition coefficient (Wildman–Crippen LogP) is 4.53. The lowest BCUT2D eigenvalue weighted by atomic mass is 10.2. The molecule has 0 aliphatic heterocycles. The minimum absolute atomic E-state index is 0.0379. The van der Waals surface area contributed by atoms with E-state index in [9.17, 15) is 0 Å². The Morgan fingerprint density at radius 2 is 2.06 bits per heavy atom. The van der Waals surface area contributed by atoms with Crippen molar-refractivity contribution in [1.29, 1.82) is 0 Å². The van der Waals surface area contributed by atoms with Crippen molar-refractivity contribution < 1.29 is 0 Å². The van der Waals surface area contributed by atoms with Crippen LogP contribution in [0.1, 0.15) is 44.3 Å². The molecule has 0 saturated carbocycles. The van der Waals surface area contributed by atoms with Crippen LogP contribution in [0.4, 0.5) is 0 Å². The number of para-hydroxylation sites is 2. The van der Waals surface area contributed by atoms with Gasteiger partial charge in [0, 0.05) is 6.54 Å². The van der Waals surface area contributed by atoms with Gasteiger partial charge in [-0.3, -0.25) is 0 Å². The van der Waals surface area contributed by atoms with E-state index in [4.69, 9.17) is 11.6 Å². The van der Waals surface area contributed by atoms with Gasteiger partial charge in [0.05, 0.1) is 16.4 Å². The molecule has 0 bridgehead atoms. The summed E-state index contributed by atoms with van der Waals surface area (Å²) < 4.78 is 2.27. The zero-order chi connectivity index (χ0) is 12.3. The van der Waals surface area contributed by atoms with Crippen LogP contribution in [0.25, 0.3) is 11.0 Å². The van der Waals surface area contributed by atoms with Crippen molar-refractivity contribution in [2.45, 2.75) is 45.0 Å². The maximum atomic E-state index is 6.21. The van der Waals surface area contributed by atoms with Crippen molar-refractivity contribution in [3.8, 4) is 0 Å². The highest BCUT2D eigenvalue weighted by atomic mass is 35.5. The van der Waals surface area contributed by atoms with Gasteiger partial charge in [0.25, 0.3) is 0 Å². The van der Waals surface area contributed by atoms with Crippen LogP contribution >= 0.6 is 11.6 Å². The number of fused-ring (bicyclic) bond motifs is 1. The number of aromatic nitrogens is 2. The molecule has 3 heteroatoms. The van der Waals surface area contributed by atoms with E-state index in [0.29, 0.717) is 0 Å². The summed E-state index contributed by atoms with van der Waals surface area (Å²) in [6.45, 7) is 5.22. The molecular formula is C14H19ClN2. The Bertz CT molecular complexity index is 488. The van der Waals surface area contributed by atoms with Gasteiger partial charge in [-0.05, 0) is 25.5 Å². The van der Waals surface area contributed by atoms with E-state index in [0.717, 1.165) is 17.9 Å². The van der Waals surface area contributed by atoms with Gasteiger partial charge in [0.2, 0.25) is 0 Å². The van der Waals surface area contributed by atoms with E-state index < -0.39 is 0 Å². The van der Waals surface area contributed by atoms with Crippen molar-refractivity contribution in [2.24, 2.45) is 0 Å². The largest absolute Gasteiger partial charge is 0.327 e. The van der Waals surface area contributed by atoms with Crippen LogP contribution in [-0.2, 0) is 6.54 Å². The molecule has 0 radical (unpaired) electrons. The van der Waals surface area contributed by atoms with Crippen molar-refractivity contribution in [3.63, 3.8) is 0 Å². The van der Waals surface area contributed by atoms with E-state index >= 15 is 0 Å². The fraction of sp³-hybridized carbons (Fsp3) is 0.500. The summed E-state index contributed by atoms with van der Waals surface area (Å²) in [5.41, 5.74) is 2.25. The van der Waals surface area contributed by atoms with E-state index in [1.54, 1.807) is 0 Å². The molecule has 2 aromatic rings. The second kappa shape index (κ2) is 5.54. The molecule has 92 valence electrons. The van der Waals surface area contributed by atoms with Gasteiger partial charge < -0.3 is 4.57 Å². The molecule has 0 aliphatic rings. The van der Waals surface area contributed by atoms with Gasteiger partial charge in [-0.25, -0.2) is 4.98 Å². The molecule has 1 aromatic carbocycles. The summed E-state index contributed by atoms with van der Waals surface area (Å²) in [7, 11) is 0.